The summed E-state index contributed by atoms with van der Waals surface area (Å²) in [6.45, 7) is 4.57. The van der Waals surface area contributed by atoms with Gasteiger partial charge in [-0.3, -0.25) is 0 Å². The van der Waals surface area contributed by atoms with E-state index in [0.29, 0.717) is 11.7 Å². The lowest BCUT2D eigenvalue weighted by molar-refractivity contribution is 0.475. The summed E-state index contributed by atoms with van der Waals surface area (Å²) < 4.78 is 0. The van der Waals surface area contributed by atoms with E-state index in [-0.39, 0.29) is 0 Å². The molecular weight excluding hydrogens is 366 g/mol. The Hall–Kier alpha value is -1.44. The molecule has 0 fully saturated rings. The number of aryl methyl sites for hydroxylation is 2. The number of aromatic nitrogens is 1. The number of phenolic OH excluding ortho intramolecular Hbond substituents is 1. The van der Waals surface area contributed by atoms with Crippen LogP contribution in [0, 0.1) is 0 Å². The highest BCUT2D eigenvalue weighted by Crippen LogP contribution is 2.42. The van der Waals surface area contributed by atoms with E-state index in [1.165, 1.54) is 125 Å². The molecule has 1 atom stereocenters. The first-order valence-electron chi connectivity index (χ1n) is 13.1. The summed E-state index contributed by atoms with van der Waals surface area (Å²) in [4.78, 5) is 3.70. The second-order valence-electron chi connectivity index (χ2n) is 9.71. The Bertz CT molecular complexity index is 760. The Balaban J connectivity index is 1.69. The van der Waals surface area contributed by atoms with Gasteiger partial charge in [-0.05, 0) is 61.6 Å². The molecule has 2 heteroatoms. The van der Waals surface area contributed by atoms with Crippen molar-refractivity contribution >= 4 is 10.9 Å². The molecule has 0 bridgehead atoms. The highest BCUT2D eigenvalue weighted by atomic mass is 16.3. The summed E-state index contributed by atoms with van der Waals surface area (Å²) in [5.41, 5.74) is 5.64. The fraction of sp³-hybridized carbons (Fsp3) is 0.714. The highest BCUT2D eigenvalue weighted by molar-refractivity contribution is 5.90. The largest absolute Gasteiger partial charge is 0.508 e. The summed E-state index contributed by atoms with van der Waals surface area (Å²) >= 11 is 0. The second-order valence-corrected chi connectivity index (χ2v) is 9.71. The summed E-state index contributed by atoms with van der Waals surface area (Å²) in [6.07, 6.45) is 22.5. The van der Waals surface area contributed by atoms with E-state index < -0.39 is 0 Å². The van der Waals surface area contributed by atoms with Crippen molar-refractivity contribution in [2.24, 2.45) is 0 Å². The molecular formula is C28H45NO. The maximum atomic E-state index is 10.3. The average Bonchev–Trinajstić information content (AvgIpc) is 3.12. The van der Waals surface area contributed by atoms with Crippen LogP contribution in [0.25, 0.3) is 10.9 Å². The number of aromatic hydroxyl groups is 1. The summed E-state index contributed by atoms with van der Waals surface area (Å²) in [5.74, 6) is 1.14. The predicted molar refractivity (Wildman–Crippen MR) is 131 cm³/mol. The van der Waals surface area contributed by atoms with Gasteiger partial charge in [0.15, 0.2) is 0 Å². The van der Waals surface area contributed by atoms with Crippen molar-refractivity contribution in [3.63, 3.8) is 0 Å². The van der Waals surface area contributed by atoms with Crippen LogP contribution in [0.5, 0.6) is 5.75 Å². The maximum absolute atomic E-state index is 10.3. The number of unbranched alkanes of at least 4 members (excludes halogenated alkanes) is 10. The van der Waals surface area contributed by atoms with Crippen LogP contribution in [0.4, 0.5) is 0 Å². The number of aromatic amines is 1. The van der Waals surface area contributed by atoms with Gasteiger partial charge < -0.3 is 10.1 Å². The van der Waals surface area contributed by atoms with E-state index in [1.807, 2.05) is 6.07 Å². The van der Waals surface area contributed by atoms with Crippen molar-refractivity contribution in [1.82, 2.24) is 4.98 Å². The van der Waals surface area contributed by atoms with Gasteiger partial charge in [-0.15, -0.1) is 0 Å². The van der Waals surface area contributed by atoms with Gasteiger partial charge in [0.2, 0.25) is 0 Å². The first-order chi connectivity index (χ1) is 14.7. The zero-order valence-electron chi connectivity index (χ0n) is 19.7. The molecule has 1 aromatic carbocycles. The van der Waals surface area contributed by atoms with Crippen LogP contribution in [0.1, 0.15) is 133 Å². The lowest BCUT2D eigenvalue weighted by Gasteiger charge is -2.24. The first kappa shape index (κ1) is 23.2. The minimum atomic E-state index is 0.426. The molecule has 168 valence electrons. The van der Waals surface area contributed by atoms with Gasteiger partial charge >= 0.3 is 0 Å². The molecule has 30 heavy (non-hydrogen) atoms. The molecule has 2 N–H and O–H groups in total. The van der Waals surface area contributed by atoms with E-state index in [0.717, 1.165) is 6.42 Å². The highest BCUT2D eigenvalue weighted by Gasteiger charge is 2.26. The van der Waals surface area contributed by atoms with Crippen molar-refractivity contribution in [2.45, 2.75) is 129 Å². The normalized spacial score (nSPS) is 16.3. The Morgan fingerprint density at radius 3 is 2.27 bits per heavy atom. The fourth-order valence-electron chi connectivity index (χ4n) is 5.55. The SMILES string of the molecule is CCCCCCCCc1cc(O)cc2[nH]c3c(c12)C(CCCCCCCC)CCC3. The predicted octanol–water partition coefficient (Wildman–Crippen LogP) is 8.95. The lowest BCUT2D eigenvalue weighted by atomic mass is 9.81. The van der Waals surface area contributed by atoms with E-state index in [9.17, 15) is 5.11 Å². The quantitative estimate of drug-likeness (QED) is 0.299. The van der Waals surface area contributed by atoms with E-state index in [2.05, 4.69) is 24.9 Å². The van der Waals surface area contributed by atoms with Crippen LogP contribution in [0.15, 0.2) is 12.1 Å². The third kappa shape index (κ3) is 6.28. The maximum Gasteiger partial charge on any atom is 0.117 e. The van der Waals surface area contributed by atoms with Crippen molar-refractivity contribution in [3.8, 4) is 5.75 Å². The molecule has 0 amide bonds. The van der Waals surface area contributed by atoms with Crippen molar-refractivity contribution in [2.75, 3.05) is 0 Å². The van der Waals surface area contributed by atoms with Crippen LogP contribution < -0.4 is 0 Å². The first-order valence-corrected chi connectivity index (χ1v) is 13.1. The van der Waals surface area contributed by atoms with E-state index in [4.69, 9.17) is 0 Å². The standard InChI is InChI=1S/C28H45NO/c1-3-5-7-9-11-13-16-22-18-15-19-25-27(22)28-23(17-14-12-10-8-6-4-2)20-24(30)21-26(28)29-25/h20-22,29-30H,3-19H2,1-2H3. The van der Waals surface area contributed by atoms with Crippen LogP contribution in [0.3, 0.4) is 0 Å². The Labute approximate surface area is 184 Å². The summed E-state index contributed by atoms with van der Waals surface area (Å²) in [7, 11) is 0. The Kier molecular flexibility index (Phi) is 9.62. The zero-order valence-corrected chi connectivity index (χ0v) is 19.7. The van der Waals surface area contributed by atoms with Gasteiger partial charge in [0.25, 0.3) is 0 Å². The smallest absolute Gasteiger partial charge is 0.117 e. The third-order valence-corrected chi connectivity index (χ3v) is 7.18. The molecule has 1 unspecified atom stereocenters. The molecule has 1 aromatic heterocycles. The number of hydrogen-bond donors (Lipinski definition) is 2. The second kappa shape index (κ2) is 12.4. The van der Waals surface area contributed by atoms with Gasteiger partial charge in [-0.25, -0.2) is 0 Å². The van der Waals surface area contributed by atoms with Crippen molar-refractivity contribution in [3.05, 3.63) is 29.0 Å². The van der Waals surface area contributed by atoms with Gasteiger partial charge in [-0.1, -0.05) is 84.5 Å². The summed E-state index contributed by atoms with van der Waals surface area (Å²) in [5, 5.41) is 11.8. The topological polar surface area (TPSA) is 36.0 Å². The Morgan fingerprint density at radius 2 is 1.53 bits per heavy atom. The fourth-order valence-corrected chi connectivity index (χ4v) is 5.55. The molecule has 2 nitrogen and oxygen atoms in total. The molecule has 0 saturated heterocycles. The van der Waals surface area contributed by atoms with Gasteiger partial charge in [0.05, 0.1) is 0 Å². The molecule has 1 aliphatic rings. The molecule has 0 saturated carbocycles. The third-order valence-electron chi connectivity index (χ3n) is 7.18. The van der Waals surface area contributed by atoms with E-state index >= 15 is 0 Å². The van der Waals surface area contributed by atoms with E-state index in [1.54, 1.807) is 5.56 Å². The van der Waals surface area contributed by atoms with Gasteiger partial charge in [0, 0.05) is 22.7 Å². The van der Waals surface area contributed by atoms with Crippen LogP contribution in [-0.2, 0) is 12.8 Å². The van der Waals surface area contributed by atoms with Gasteiger partial charge in [0.1, 0.15) is 5.75 Å². The molecule has 0 aliphatic heterocycles. The number of fused-ring (bicyclic) bond motifs is 3. The minimum Gasteiger partial charge on any atom is -0.508 e. The van der Waals surface area contributed by atoms with Crippen molar-refractivity contribution < 1.29 is 5.11 Å². The monoisotopic (exact) mass is 411 g/mol. The summed E-state index contributed by atoms with van der Waals surface area (Å²) in [6, 6.07) is 4.01. The van der Waals surface area contributed by atoms with Gasteiger partial charge in [-0.2, -0.15) is 0 Å². The lowest BCUT2D eigenvalue weighted by Crippen LogP contribution is -2.09. The average molecular weight is 412 g/mol. The number of benzene rings is 1. The van der Waals surface area contributed by atoms with Crippen LogP contribution >= 0.6 is 0 Å². The Morgan fingerprint density at radius 1 is 0.867 bits per heavy atom. The molecule has 0 radical (unpaired) electrons. The molecule has 1 heterocycles. The number of rotatable bonds is 14. The number of hydrogen-bond acceptors (Lipinski definition) is 1. The van der Waals surface area contributed by atoms with Crippen LogP contribution in [0.2, 0.25) is 0 Å². The van der Waals surface area contributed by atoms with Crippen molar-refractivity contribution in [1.29, 1.82) is 0 Å². The zero-order chi connectivity index (χ0) is 21.2. The number of phenols is 1. The molecule has 0 spiro atoms. The minimum absolute atomic E-state index is 0.426. The molecule has 3 rings (SSSR count). The number of nitrogens with one attached hydrogen (secondary N) is 1. The van der Waals surface area contributed by atoms with Crippen LogP contribution in [-0.4, -0.2) is 10.1 Å². The molecule has 2 aromatic rings. The molecule has 1 aliphatic carbocycles. The number of H-pyrrole nitrogens is 1.